The normalized spacial score (nSPS) is 11.6. The van der Waals surface area contributed by atoms with Crippen LogP contribution in [0.1, 0.15) is 12.5 Å². The van der Waals surface area contributed by atoms with Crippen LogP contribution in [0.2, 0.25) is 5.02 Å². The second-order valence-corrected chi connectivity index (χ2v) is 3.74. The van der Waals surface area contributed by atoms with Gasteiger partial charge in [-0.05, 0) is 19.1 Å². The number of hydrogen-bond acceptors (Lipinski definition) is 1. The van der Waals surface area contributed by atoms with Gasteiger partial charge in [0, 0.05) is 10.6 Å². The smallest absolute Gasteiger partial charge is 0.225 e. The first kappa shape index (κ1) is 12.5. The Morgan fingerprint density at radius 3 is 2.94 bits per heavy atom. The lowest BCUT2D eigenvalue weighted by Gasteiger charge is -2.09. The van der Waals surface area contributed by atoms with Crippen LogP contribution in [0.25, 0.3) is 0 Å². The topological polar surface area (TPSA) is 29.1 Å². The van der Waals surface area contributed by atoms with E-state index in [9.17, 15) is 9.18 Å². The molecule has 1 amide bonds. The standard InChI is InChI=1S/C12H11ClFNO/c1-3-8(2)15-12(16)7-9-10(13)5-4-6-11(9)14/h1,4-6,8H,7H2,2H3,(H,15,16). The molecule has 0 bridgehead atoms. The predicted molar refractivity (Wildman–Crippen MR) is 61.6 cm³/mol. The third-order valence-corrected chi connectivity index (χ3v) is 2.38. The van der Waals surface area contributed by atoms with E-state index < -0.39 is 5.82 Å². The Morgan fingerprint density at radius 1 is 1.69 bits per heavy atom. The molecule has 1 aromatic rings. The van der Waals surface area contributed by atoms with Gasteiger partial charge in [0.2, 0.25) is 5.91 Å². The molecule has 16 heavy (non-hydrogen) atoms. The summed E-state index contributed by atoms with van der Waals surface area (Å²) < 4.78 is 13.3. The summed E-state index contributed by atoms with van der Waals surface area (Å²) >= 11 is 5.78. The highest BCUT2D eigenvalue weighted by molar-refractivity contribution is 6.31. The highest BCUT2D eigenvalue weighted by Gasteiger charge is 2.12. The Balaban J connectivity index is 2.74. The van der Waals surface area contributed by atoms with Gasteiger partial charge in [-0.2, -0.15) is 0 Å². The van der Waals surface area contributed by atoms with Crippen molar-refractivity contribution in [2.24, 2.45) is 0 Å². The number of hydrogen-bond donors (Lipinski definition) is 1. The minimum atomic E-state index is -0.490. The largest absolute Gasteiger partial charge is 0.342 e. The molecule has 0 radical (unpaired) electrons. The summed E-state index contributed by atoms with van der Waals surface area (Å²) in [5, 5.41) is 2.77. The highest BCUT2D eigenvalue weighted by Crippen LogP contribution is 2.19. The van der Waals surface area contributed by atoms with Crippen molar-refractivity contribution in [1.82, 2.24) is 5.32 Å². The SMILES string of the molecule is C#CC(C)NC(=O)Cc1c(F)cccc1Cl. The Bertz CT molecular complexity index is 419. The summed E-state index contributed by atoms with van der Waals surface area (Å²) in [5.41, 5.74) is 0.186. The second-order valence-electron chi connectivity index (χ2n) is 3.33. The van der Waals surface area contributed by atoms with Gasteiger partial charge in [-0.1, -0.05) is 23.6 Å². The van der Waals surface area contributed by atoms with E-state index in [0.29, 0.717) is 0 Å². The van der Waals surface area contributed by atoms with Crippen LogP contribution in [0, 0.1) is 18.2 Å². The zero-order chi connectivity index (χ0) is 12.1. The molecular weight excluding hydrogens is 229 g/mol. The van der Waals surface area contributed by atoms with Gasteiger partial charge in [-0.15, -0.1) is 6.42 Å². The fourth-order valence-corrected chi connectivity index (χ4v) is 1.43. The molecule has 0 saturated heterocycles. The van der Waals surface area contributed by atoms with E-state index in [1.54, 1.807) is 6.92 Å². The average Bonchev–Trinajstić information content (AvgIpc) is 2.23. The van der Waals surface area contributed by atoms with Crippen LogP contribution >= 0.6 is 11.6 Å². The van der Waals surface area contributed by atoms with Gasteiger partial charge in [0.05, 0.1) is 12.5 Å². The Labute approximate surface area is 98.8 Å². The number of halogens is 2. The number of terminal acetylenes is 1. The van der Waals surface area contributed by atoms with Crippen molar-refractivity contribution in [3.8, 4) is 12.3 Å². The summed E-state index contributed by atoms with van der Waals surface area (Å²) in [6.45, 7) is 1.67. The predicted octanol–water partition coefficient (Wildman–Crippen LogP) is 2.16. The Hall–Kier alpha value is -1.53. The summed E-state index contributed by atoms with van der Waals surface area (Å²) in [6, 6.07) is 3.91. The minimum absolute atomic E-state index is 0.114. The first-order chi connectivity index (χ1) is 7.54. The number of benzene rings is 1. The second kappa shape index (κ2) is 5.53. The molecule has 1 N–H and O–H groups in total. The maximum Gasteiger partial charge on any atom is 0.225 e. The molecule has 1 atom stereocenters. The van der Waals surface area contributed by atoms with Crippen LogP contribution in [0.4, 0.5) is 4.39 Å². The Morgan fingerprint density at radius 2 is 2.38 bits per heavy atom. The van der Waals surface area contributed by atoms with Crippen molar-refractivity contribution in [3.63, 3.8) is 0 Å². The van der Waals surface area contributed by atoms with Crippen LogP contribution in [-0.4, -0.2) is 11.9 Å². The van der Waals surface area contributed by atoms with Crippen molar-refractivity contribution in [3.05, 3.63) is 34.6 Å². The Kier molecular flexibility index (Phi) is 4.33. The molecule has 0 aromatic heterocycles. The van der Waals surface area contributed by atoms with Crippen LogP contribution in [0.3, 0.4) is 0 Å². The molecule has 0 fully saturated rings. The van der Waals surface area contributed by atoms with Gasteiger partial charge in [-0.3, -0.25) is 4.79 Å². The molecule has 0 aliphatic heterocycles. The molecule has 2 nitrogen and oxygen atoms in total. The van der Waals surface area contributed by atoms with Gasteiger partial charge in [-0.25, -0.2) is 4.39 Å². The third-order valence-electron chi connectivity index (χ3n) is 2.03. The quantitative estimate of drug-likeness (QED) is 0.805. The number of amides is 1. The van der Waals surface area contributed by atoms with Crippen LogP contribution in [0.15, 0.2) is 18.2 Å². The number of nitrogens with one attached hydrogen (secondary N) is 1. The van der Waals surface area contributed by atoms with Crippen molar-refractivity contribution in [1.29, 1.82) is 0 Å². The lowest BCUT2D eigenvalue weighted by molar-refractivity contribution is -0.120. The van der Waals surface area contributed by atoms with Gasteiger partial charge < -0.3 is 5.32 Å². The summed E-state index contributed by atoms with van der Waals surface area (Å²) in [7, 11) is 0. The third kappa shape index (κ3) is 3.25. The zero-order valence-electron chi connectivity index (χ0n) is 8.76. The molecule has 1 unspecified atom stereocenters. The van der Waals surface area contributed by atoms with Crippen molar-refractivity contribution >= 4 is 17.5 Å². The molecule has 0 aliphatic rings. The van der Waals surface area contributed by atoms with Crippen molar-refractivity contribution < 1.29 is 9.18 Å². The molecular formula is C12H11ClFNO. The number of carbonyl (C=O) groups is 1. The molecule has 0 saturated carbocycles. The maximum atomic E-state index is 13.3. The van der Waals surface area contributed by atoms with E-state index >= 15 is 0 Å². The molecule has 4 heteroatoms. The minimum Gasteiger partial charge on any atom is -0.342 e. The van der Waals surface area contributed by atoms with Gasteiger partial charge in [0.25, 0.3) is 0 Å². The summed E-state index contributed by atoms with van der Waals surface area (Å²) in [5.74, 6) is 1.51. The van der Waals surface area contributed by atoms with Crippen molar-refractivity contribution in [2.75, 3.05) is 0 Å². The number of rotatable bonds is 3. The molecule has 84 valence electrons. The van der Waals surface area contributed by atoms with E-state index in [-0.39, 0.29) is 29.0 Å². The van der Waals surface area contributed by atoms with Crippen LogP contribution in [0.5, 0.6) is 0 Å². The lowest BCUT2D eigenvalue weighted by atomic mass is 10.1. The van der Waals surface area contributed by atoms with E-state index in [0.717, 1.165) is 0 Å². The highest BCUT2D eigenvalue weighted by atomic mass is 35.5. The molecule has 1 aromatic carbocycles. The monoisotopic (exact) mass is 239 g/mol. The summed E-state index contributed by atoms with van der Waals surface area (Å²) in [4.78, 5) is 11.5. The first-order valence-corrected chi connectivity index (χ1v) is 5.10. The molecule has 0 heterocycles. The fraction of sp³-hybridized carbons (Fsp3) is 0.250. The van der Waals surface area contributed by atoms with E-state index in [1.165, 1.54) is 18.2 Å². The van der Waals surface area contributed by atoms with Gasteiger partial charge in [0.1, 0.15) is 5.82 Å². The zero-order valence-corrected chi connectivity index (χ0v) is 9.51. The van der Waals surface area contributed by atoms with Crippen LogP contribution in [-0.2, 0) is 11.2 Å². The molecule has 0 aliphatic carbocycles. The van der Waals surface area contributed by atoms with E-state index in [2.05, 4.69) is 11.2 Å². The van der Waals surface area contributed by atoms with E-state index in [4.69, 9.17) is 18.0 Å². The maximum absolute atomic E-state index is 13.3. The van der Waals surface area contributed by atoms with Crippen molar-refractivity contribution in [2.45, 2.75) is 19.4 Å². The molecule has 1 rings (SSSR count). The molecule has 0 spiro atoms. The van der Waals surface area contributed by atoms with Gasteiger partial charge in [0.15, 0.2) is 0 Å². The lowest BCUT2D eigenvalue weighted by Crippen LogP contribution is -2.32. The first-order valence-electron chi connectivity index (χ1n) is 4.73. The summed E-state index contributed by atoms with van der Waals surface area (Å²) in [6.07, 6.45) is 5.00. The fourth-order valence-electron chi connectivity index (χ4n) is 1.20. The van der Waals surface area contributed by atoms with Gasteiger partial charge >= 0.3 is 0 Å². The average molecular weight is 240 g/mol. The number of carbonyl (C=O) groups excluding carboxylic acids is 1. The van der Waals surface area contributed by atoms with Crippen LogP contribution < -0.4 is 5.32 Å². The van der Waals surface area contributed by atoms with E-state index in [1.807, 2.05) is 0 Å².